The van der Waals surface area contributed by atoms with Gasteiger partial charge < -0.3 is 4.74 Å². The van der Waals surface area contributed by atoms with Crippen LogP contribution >= 0.6 is 0 Å². The van der Waals surface area contributed by atoms with Crippen LogP contribution in [0.3, 0.4) is 0 Å². The molecule has 0 fully saturated rings. The van der Waals surface area contributed by atoms with E-state index in [9.17, 15) is 0 Å². The average molecular weight is 243 g/mol. The van der Waals surface area contributed by atoms with Gasteiger partial charge in [0.2, 0.25) is 5.88 Å². The zero-order valence-corrected chi connectivity index (χ0v) is 11.0. The molecule has 2 heterocycles. The number of nitrogens with zero attached hydrogens (tertiary/aromatic N) is 3. The van der Waals surface area contributed by atoms with Crippen molar-refractivity contribution in [3.63, 3.8) is 0 Å². The summed E-state index contributed by atoms with van der Waals surface area (Å²) in [5.74, 6) is 1.19. The van der Waals surface area contributed by atoms with Crippen molar-refractivity contribution in [2.45, 2.75) is 26.7 Å². The van der Waals surface area contributed by atoms with Crippen molar-refractivity contribution in [3.8, 4) is 17.4 Å². The van der Waals surface area contributed by atoms with Crippen LogP contribution in [-0.4, -0.2) is 22.1 Å². The minimum Gasteiger partial charge on any atom is -0.481 e. The fraction of sp³-hybridized carbons (Fsp3) is 0.357. The molecule has 0 aromatic carbocycles. The van der Waals surface area contributed by atoms with Gasteiger partial charge in [0, 0.05) is 17.5 Å². The van der Waals surface area contributed by atoms with Crippen molar-refractivity contribution in [2.75, 3.05) is 7.11 Å². The molecule has 0 aliphatic heterocycles. The average Bonchev–Trinajstić information content (AvgIpc) is 2.39. The van der Waals surface area contributed by atoms with Crippen molar-refractivity contribution in [1.29, 1.82) is 0 Å². The van der Waals surface area contributed by atoms with Crippen molar-refractivity contribution >= 4 is 0 Å². The van der Waals surface area contributed by atoms with Gasteiger partial charge in [-0.1, -0.05) is 19.4 Å². The summed E-state index contributed by atoms with van der Waals surface area (Å²) in [6.07, 6.45) is 2.05. The van der Waals surface area contributed by atoms with Crippen LogP contribution in [-0.2, 0) is 6.42 Å². The Morgan fingerprint density at radius 1 is 1.17 bits per heavy atom. The predicted octanol–water partition coefficient (Wildman–Crippen LogP) is 2.81. The van der Waals surface area contributed by atoms with Crippen LogP contribution in [0.4, 0.5) is 0 Å². The van der Waals surface area contributed by atoms with Gasteiger partial charge in [0.25, 0.3) is 0 Å². The Bertz CT molecular complexity index is 540. The lowest BCUT2D eigenvalue weighted by Gasteiger charge is -2.05. The second-order valence-electron chi connectivity index (χ2n) is 4.14. The molecule has 2 aromatic heterocycles. The SMILES string of the molecule is CCCc1cccc(-c2nc(C)cc(OC)n2)n1. The van der Waals surface area contributed by atoms with E-state index in [1.165, 1.54) is 0 Å². The van der Waals surface area contributed by atoms with Gasteiger partial charge in [-0.15, -0.1) is 0 Å². The molecule has 2 rings (SSSR count). The fourth-order valence-electron chi connectivity index (χ4n) is 1.76. The lowest BCUT2D eigenvalue weighted by Crippen LogP contribution is -1.99. The molecule has 94 valence electrons. The van der Waals surface area contributed by atoms with E-state index in [4.69, 9.17) is 4.74 Å². The van der Waals surface area contributed by atoms with Crippen LogP contribution in [0.15, 0.2) is 24.3 Å². The van der Waals surface area contributed by atoms with Crippen LogP contribution in [0.1, 0.15) is 24.7 Å². The normalized spacial score (nSPS) is 10.4. The Labute approximate surface area is 107 Å². The van der Waals surface area contributed by atoms with Gasteiger partial charge in [-0.2, -0.15) is 4.98 Å². The highest BCUT2D eigenvalue weighted by Gasteiger charge is 2.07. The van der Waals surface area contributed by atoms with Crippen molar-refractivity contribution in [2.24, 2.45) is 0 Å². The first-order valence-corrected chi connectivity index (χ1v) is 6.09. The van der Waals surface area contributed by atoms with Gasteiger partial charge in [-0.05, 0) is 25.5 Å². The van der Waals surface area contributed by atoms with Crippen LogP contribution in [0.25, 0.3) is 11.5 Å². The van der Waals surface area contributed by atoms with E-state index in [0.717, 1.165) is 29.9 Å². The Morgan fingerprint density at radius 2 is 2.00 bits per heavy atom. The van der Waals surface area contributed by atoms with E-state index in [0.29, 0.717) is 11.7 Å². The highest BCUT2D eigenvalue weighted by molar-refractivity contribution is 5.50. The van der Waals surface area contributed by atoms with Crippen molar-refractivity contribution in [1.82, 2.24) is 15.0 Å². The summed E-state index contributed by atoms with van der Waals surface area (Å²) in [4.78, 5) is 13.3. The number of aromatic nitrogens is 3. The smallest absolute Gasteiger partial charge is 0.216 e. The number of hydrogen-bond donors (Lipinski definition) is 0. The number of methoxy groups -OCH3 is 1. The molecule has 4 nitrogen and oxygen atoms in total. The van der Waals surface area contributed by atoms with Crippen molar-refractivity contribution in [3.05, 3.63) is 35.7 Å². The molecule has 0 radical (unpaired) electrons. The summed E-state index contributed by atoms with van der Waals surface area (Å²) in [6.45, 7) is 4.06. The maximum absolute atomic E-state index is 5.16. The highest BCUT2D eigenvalue weighted by atomic mass is 16.5. The molecule has 4 heteroatoms. The molecule has 0 N–H and O–H groups in total. The highest BCUT2D eigenvalue weighted by Crippen LogP contribution is 2.17. The van der Waals surface area contributed by atoms with Crippen LogP contribution in [0.2, 0.25) is 0 Å². The van der Waals surface area contributed by atoms with Gasteiger partial charge in [0.15, 0.2) is 5.82 Å². The third-order valence-corrected chi connectivity index (χ3v) is 2.58. The first kappa shape index (κ1) is 12.5. The Morgan fingerprint density at radius 3 is 2.72 bits per heavy atom. The molecule has 0 saturated carbocycles. The number of aryl methyl sites for hydroxylation is 2. The molecular weight excluding hydrogens is 226 g/mol. The lowest BCUT2D eigenvalue weighted by atomic mass is 10.2. The fourth-order valence-corrected chi connectivity index (χ4v) is 1.76. The molecule has 0 aliphatic carbocycles. The number of ether oxygens (including phenoxy) is 1. The summed E-state index contributed by atoms with van der Waals surface area (Å²) in [5, 5.41) is 0. The molecule has 0 bridgehead atoms. The third kappa shape index (κ3) is 2.83. The van der Waals surface area contributed by atoms with Crippen LogP contribution in [0.5, 0.6) is 5.88 Å². The summed E-state index contributed by atoms with van der Waals surface area (Å²) < 4.78 is 5.16. The van der Waals surface area contributed by atoms with Crippen LogP contribution < -0.4 is 4.74 Å². The summed E-state index contributed by atoms with van der Waals surface area (Å²) in [6, 6.07) is 7.75. The first-order chi connectivity index (χ1) is 8.72. The van der Waals surface area contributed by atoms with Gasteiger partial charge in [0.05, 0.1) is 7.11 Å². The summed E-state index contributed by atoms with van der Waals surface area (Å²) in [7, 11) is 1.60. The van der Waals surface area contributed by atoms with Gasteiger partial charge in [-0.25, -0.2) is 9.97 Å². The van der Waals surface area contributed by atoms with Gasteiger partial charge >= 0.3 is 0 Å². The predicted molar refractivity (Wildman–Crippen MR) is 70.5 cm³/mol. The molecule has 0 spiro atoms. The molecule has 18 heavy (non-hydrogen) atoms. The summed E-state index contributed by atoms with van der Waals surface area (Å²) in [5.41, 5.74) is 2.74. The van der Waals surface area contributed by atoms with E-state index < -0.39 is 0 Å². The Balaban J connectivity index is 2.41. The van der Waals surface area contributed by atoms with Crippen LogP contribution in [0, 0.1) is 6.92 Å². The minimum absolute atomic E-state index is 0.570. The monoisotopic (exact) mass is 243 g/mol. The zero-order chi connectivity index (χ0) is 13.0. The zero-order valence-electron chi connectivity index (χ0n) is 11.0. The molecular formula is C14H17N3O. The van der Waals surface area contributed by atoms with E-state index >= 15 is 0 Å². The standard InChI is InChI=1S/C14H17N3O/c1-4-6-11-7-5-8-12(16-11)14-15-10(2)9-13(17-14)18-3/h5,7-9H,4,6H2,1-3H3. The van der Waals surface area contributed by atoms with Crippen molar-refractivity contribution < 1.29 is 4.74 Å². The van der Waals surface area contributed by atoms with Gasteiger partial charge in [0.1, 0.15) is 5.69 Å². The molecule has 0 unspecified atom stereocenters. The maximum atomic E-state index is 5.16. The minimum atomic E-state index is 0.570. The quantitative estimate of drug-likeness (QED) is 0.828. The maximum Gasteiger partial charge on any atom is 0.216 e. The van der Waals surface area contributed by atoms with E-state index in [1.807, 2.05) is 25.1 Å². The van der Waals surface area contributed by atoms with Gasteiger partial charge in [-0.3, -0.25) is 0 Å². The number of hydrogen-bond acceptors (Lipinski definition) is 4. The molecule has 2 aromatic rings. The second kappa shape index (κ2) is 5.58. The van der Waals surface area contributed by atoms with E-state index in [2.05, 4.69) is 21.9 Å². The second-order valence-corrected chi connectivity index (χ2v) is 4.14. The molecule has 0 saturated heterocycles. The lowest BCUT2D eigenvalue weighted by molar-refractivity contribution is 0.397. The Kier molecular flexibility index (Phi) is 3.87. The molecule has 0 amide bonds. The third-order valence-electron chi connectivity index (χ3n) is 2.58. The van der Waals surface area contributed by atoms with E-state index in [-0.39, 0.29) is 0 Å². The Hall–Kier alpha value is -1.97. The molecule has 0 atom stereocenters. The number of rotatable bonds is 4. The molecule has 0 aliphatic rings. The first-order valence-electron chi connectivity index (χ1n) is 6.09. The number of pyridine rings is 1. The summed E-state index contributed by atoms with van der Waals surface area (Å²) >= 11 is 0. The largest absolute Gasteiger partial charge is 0.481 e. The topological polar surface area (TPSA) is 47.9 Å². The van der Waals surface area contributed by atoms with E-state index in [1.54, 1.807) is 13.2 Å².